The van der Waals surface area contributed by atoms with Crippen LogP contribution in [0, 0.1) is 0 Å². The maximum atomic E-state index is 13.0. The fourth-order valence-electron chi connectivity index (χ4n) is 3.30. The highest BCUT2D eigenvalue weighted by Crippen LogP contribution is 2.26. The first kappa shape index (κ1) is 21.6. The molecule has 0 aliphatic carbocycles. The Bertz CT molecular complexity index is 930. The second-order valence-corrected chi connectivity index (χ2v) is 11.0. The molecule has 1 saturated heterocycles. The van der Waals surface area contributed by atoms with Crippen molar-refractivity contribution in [2.75, 3.05) is 26.2 Å². The van der Waals surface area contributed by atoms with E-state index in [1.807, 2.05) is 24.3 Å². The summed E-state index contributed by atoms with van der Waals surface area (Å²) >= 11 is 12.1. The van der Waals surface area contributed by atoms with Crippen LogP contribution in [0.4, 0.5) is 0 Å². The first-order valence-corrected chi connectivity index (χ1v) is 11.5. The van der Waals surface area contributed by atoms with Gasteiger partial charge >= 0.3 is 0 Å². The smallest absolute Gasteiger partial charge is 0.243 e. The molecule has 0 unspecified atom stereocenters. The molecule has 2 aromatic carbocycles. The molecule has 28 heavy (non-hydrogen) atoms. The fourth-order valence-corrected chi connectivity index (χ4v) is 5.04. The van der Waals surface area contributed by atoms with Gasteiger partial charge in [-0.25, -0.2) is 8.42 Å². The number of halogens is 2. The lowest BCUT2D eigenvalue weighted by Crippen LogP contribution is -2.48. The zero-order chi connectivity index (χ0) is 20.5. The molecular weight excluding hydrogens is 415 g/mol. The van der Waals surface area contributed by atoms with Crippen molar-refractivity contribution in [3.05, 3.63) is 63.6 Å². The minimum absolute atomic E-state index is 0.00151. The lowest BCUT2D eigenvalue weighted by Gasteiger charge is -2.34. The van der Waals surface area contributed by atoms with Crippen molar-refractivity contribution in [2.24, 2.45) is 0 Å². The maximum absolute atomic E-state index is 13.0. The van der Waals surface area contributed by atoms with E-state index in [-0.39, 0.29) is 5.41 Å². The first-order chi connectivity index (χ1) is 13.1. The van der Waals surface area contributed by atoms with Crippen LogP contribution in [0.15, 0.2) is 47.4 Å². The summed E-state index contributed by atoms with van der Waals surface area (Å²) in [5.41, 5.74) is 2.19. The topological polar surface area (TPSA) is 40.6 Å². The molecule has 3 rings (SSSR count). The van der Waals surface area contributed by atoms with Crippen LogP contribution in [0.3, 0.4) is 0 Å². The van der Waals surface area contributed by atoms with Gasteiger partial charge in [0, 0.05) is 32.7 Å². The number of rotatable bonds is 4. The Morgan fingerprint density at radius 2 is 1.50 bits per heavy atom. The maximum Gasteiger partial charge on any atom is 0.243 e. The molecule has 1 fully saturated rings. The van der Waals surface area contributed by atoms with Crippen LogP contribution in [0.5, 0.6) is 0 Å². The third-order valence-corrected chi connectivity index (χ3v) is 7.73. The highest BCUT2D eigenvalue weighted by atomic mass is 35.5. The molecule has 1 aliphatic heterocycles. The molecule has 0 spiro atoms. The quantitative estimate of drug-likeness (QED) is 0.685. The Hall–Kier alpha value is -1.11. The molecule has 1 aliphatic rings. The van der Waals surface area contributed by atoms with E-state index in [0.717, 1.165) is 17.7 Å². The summed E-state index contributed by atoms with van der Waals surface area (Å²) in [5.74, 6) is 0. The van der Waals surface area contributed by atoms with Gasteiger partial charge in [-0.05, 0) is 40.8 Å². The van der Waals surface area contributed by atoms with E-state index in [2.05, 4.69) is 25.7 Å². The van der Waals surface area contributed by atoms with Gasteiger partial charge in [-0.2, -0.15) is 4.31 Å². The van der Waals surface area contributed by atoms with Crippen LogP contribution in [-0.2, 0) is 22.0 Å². The van der Waals surface area contributed by atoms with Gasteiger partial charge in [-0.15, -0.1) is 0 Å². The molecule has 4 nitrogen and oxygen atoms in total. The molecule has 152 valence electrons. The van der Waals surface area contributed by atoms with E-state index >= 15 is 0 Å². The van der Waals surface area contributed by atoms with Crippen molar-refractivity contribution in [3.8, 4) is 0 Å². The zero-order valence-corrected chi connectivity index (χ0v) is 18.8. The molecule has 0 saturated carbocycles. The second kappa shape index (κ2) is 8.33. The van der Waals surface area contributed by atoms with E-state index in [1.54, 1.807) is 22.5 Å². The van der Waals surface area contributed by atoms with Gasteiger partial charge in [-0.1, -0.05) is 62.2 Å². The average Bonchev–Trinajstić information content (AvgIpc) is 2.65. The third-order valence-electron chi connectivity index (χ3n) is 5.08. The minimum atomic E-state index is -3.46. The summed E-state index contributed by atoms with van der Waals surface area (Å²) in [4.78, 5) is 2.59. The second-order valence-electron chi connectivity index (χ2n) is 8.20. The molecule has 0 bridgehead atoms. The molecule has 0 amide bonds. The van der Waals surface area contributed by atoms with Crippen molar-refractivity contribution in [3.63, 3.8) is 0 Å². The number of hydrogen-bond acceptors (Lipinski definition) is 3. The van der Waals surface area contributed by atoms with Gasteiger partial charge in [0.05, 0.1) is 14.9 Å². The van der Waals surface area contributed by atoms with Crippen molar-refractivity contribution in [2.45, 2.75) is 37.6 Å². The number of hydrogen-bond donors (Lipinski definition) is 0. The Labute approximate surface area is 178 Å². The van der Waals surface area contributed by atoms with Gasteiger partial charge in [0.15, 0.2) is 0 Å². The molecule has 7 heteroatoms. The minimum Gasteiger partial charge on any atom is -0.296 e. The predicted molar refractivity (Wildman–Crippen MR) is 116 cm³/mol. The lowest BCUT2D eigenvalue weighted by molar-refractivity contribution is 0.181. The normalized spacial score (nSPS) is 17.0. The summed E-state index contributed by atoms with van der Waals surface area (Å²) in [6.45, 7) is 9.39. The highest BCUT2D eigenvalue weighted by Gasteiger charge is 2.28. The molecule has 0 atom stereocenters. The van der Waals surface area contributed by atoms with Crippen LogP contribution in [0.1, 0.15) is 31.9 Å². The van der Waals surface area contributed by atoms with Gasteiger partial charge in [0.1, 0.15) is 0 Å². The van der Waals surface area contributed by atoms with E-state index in [1.165, 1.54) is 0 Å². The van der Waals surface area contributed by atoms with Crippen LogP contribution in [0.2, 0.25) is 10.0 Å². The summed E-state index contributed by atoms with van der Waals surface area (Å²) in [5, 5.41) is 1.08. The van der Waals surface area contributed by atoms with Crippen LogP contribution < -0.4 is 0 Å². The number of nitrogens with zero attached hydrogens (tertiary/aromatic N) is 2. The molecule has 1 heterocycles. The Kier molecular flexibility index (Phi) is 6.42. The number of sulfonamides is 1. The van der Waals surface area contributed by atoms with Crippen molar-refractivity contribution in [1.82, 2.24) is 9.21 Å². The van der Waals surface area contributed by atoms with Crippen molar-refractivity contribution in [1.29, 1.82) is 0 Å². The molecule has 0 N–H and O–H groups in total. The Balaban J connectivity index is 1.64. The van der Waals surface area contributed by atoms with Gasteiger partial charge < -0.3 is 0 Å². The molecule has 0 radical (unpaired) electrons. The van der Waals surface area contributed by atoms with Crippen molar-refractivity contribution < 1.29 is 8.42 Å². The highest BCUT2D eigenvalue weighted by molar-refractivity contribution is 7.89. The van der Waals surface area contributed by atoms with E-state index < -0.39 is 10.0 Å². The molecule has 2 aromatic rings. The van der Waals surface area contributed by atoms with Crippen LogP contribution in [-0.4, -0.2) is 43.8 Å². The van der Waals surface area contributed by atoms with Gasteiger partial charge in [0.2, 0.25) is 10.0 Å². The lowest BCUT2D eigenvalue weighted by atomic mass is 9.87. The fraction of sp³-hybridized carbons (Fsp3) is 0.429. The molecule has 0 aromatic heterocycles. The number of piperazine rings is 1. The standard InChI is InChI=1S/C21H26Cl2N2O2S/c1-21(2,3)17-5-7-18(8-6-17)28(26,27)25-12-10-24(11-13-25)15-16-4-9-19(22)20(23)14-16/h4-9,14H,10-13,15H2,1-3H3. The van der Waals surface area contributed by atoms with Crippen molar-refractivity contribution >= 4 is 33.2 Å². The SMILES string of the molecule is CC(C)(C)c1ccc(S(=O)(=O)N2CCN(Cc3ccc(Cl)c(Cl)c3)CC2)cc1. The van der Waals surface area contributed by atoms with E-state index in [0.29, 0.717) is 41.1 Å². The van der Waals surface area contributed by atoms with Gasteiger partial charge in [-0.3, -0.25) is 4.90 Å². The largest absolute Gasteiger partial charge is 0.296 e. The monoisotopic (exact) mass is 440 g/mol. The van der Waals surface area contributed by atoms with E-state index in [4.69, 9.17) is 23.2 Å². The predicted octanol–water partition coefficient (Wildman–Crippen LogP) is 4.80. The van der Waals surface area contributed by atoms with Gasteiger partial charge in [0.25, 0.3) is 0 Å². The van der Waals surface area contributed by atoms with Crippen LogP contribution in [0.25, 0.3) is 0 Å². The van der Waals surface area contributed by atoms with Crippen LogP contribution >= 0.6 is 23.2 Å². The summed E-state index contributed by atoms with van der Waals surface area (Å²) in [6.07, 6.45) is 0. The molecular formula is C21H26Cl2N2O2S. The zero-order valence-electron chi connectivity index (χ0n) is 16.5. The summed E-state index contributed by atoms with van der Waals surface area (Å²) in [6, 6.07) is 12.9. The summed E-state index contributed by atoms with van der Waals surface area (Å²) < 4.78 is 27.5. The Morgan fingerprint density at radius 1 is 0.893 bits per heavy atom. The van der Waals surface area contributed by atoms with E-state index in [9.17, 15) is 8.42 Å². The third kappa shape index (κ3) is 4.89. The average molecular weight is 441 g/mol. The first-order valence-electron chi connectivity index (χ1n) is 9.34. The Morgan fingerprint density at radius 3 is 2.04 bits per heavy atom. The summed E-state index contributed by atoms with van der Waals surface area (Å²) in [7, 11) is -3.46. The number of benzene rings is 2.